The monoisotopic (exact) mass is 582 g/mol. The molecule has 15 atom stereocenters. The molecule has 1 aliphatic carbocycles. The van der Waals surface area contributed by atoms with E-state index < -0.39 is 104 Å². The number of guanidine groups is 1. The number of nitrogens with one attached hydrogen (secondary N) is 1. The van der Waals surface area contributed by atoms with Crippen molar-refractivity contribution in [3.05, 3.63) is 0 Å². The molecule has 40 heavy (non-hydrogen) atoms. The zero-order valence-electron chi connectivity index (χ0n) is 21.7. The zero-order valence-corrected chi connectivity index (χ0v) is 21.7. The Morgan fingerprint density at radius 3 is 2.23 bits per heavy atom. The molecular weight excluding hydrogens is 544 g/mol. The Balaban J connectivity index is 1.98. The van der Waals surface area contributed by atoms with Crippen molar-refractivity contribution in [3.63, 3.8) is 0 Å². The first-order chi connectivity index (χ1) is 18.9. The Bertz CT molecular complexity index is 914. The first-order valence-corrected chi connectivity index (χ1v) is 12.3. The van der Waals surface area contributed by atoms with Gasteiger partial charge >= 0.3 is 0 Å². The summed E-state index contributed by atoms with van der Waals surface area (Å²) in [6.07, 6.45) is -16.2. The molecule has 19 nitrogen and oxygen atoms in total. The summed E-state index contributed by atoms with van der Waals surface area (Å²) in [5.74, 6) is -0.517. The summed E-state index contributed by atoms with van der Waals surface area (Å²) in [6, 6.07) is -3.93. The second kappa shape index (κ2) is 13.2. The number of ether oxygens (including phenoxy) is 4. The number of hydrogen-bond donors (Lipinski definition) is 11. The Morgan fingerprint density at radius 2 is 1.70 bits per heavy atom. The lowest BCUT2D eigenvalue weighted by Crippen LogP contribution is -2.66. The van der Waals surface area contributed by atoms with Crippen LogP contribution in [-0.4, -0.2) is 159 Å². The molecule has 230 valence electrons. The van der Waals surface area contributed by atoms with E-state index in [-0.39, 0.29) is 6.29 Å². The van der Waals surface area contributed by atoms with Gasteiger partial charge < -0.3 is 72.1 Å². The van der Waals surface area contributed by atoms with E-state index in [4.69, 9.17) is 36.1 Å². The second-order valence-electron chi connectivity index (χ2n) is 9.71. The van der Waals surface area contributed by atoms with Gasteiger partial charge in [-0.1, -0.05) is 0 Å². The van der Waals surface area contributed by atoms with Crippen molar-refractivity contribution in [2.75, 3.05) is 13.7 Å². The first-order valence-electron chi connectivity index (χ1n) is 12.3. The largest absolute Gasteiger partial charge is 0.394 e. The van der Waals surface area contributed by atoms with Gasteiger partial charge in [0.1, 0.15) is 60.9 Å². The van der Waals surface area contributed by atoms with Crippen LogP contribution in [0, 0.1) is 0 Å². The Hall–Kier alpha value is -2.11. The first kappa shape index (κ1) is 32.4. The molecule has 2 heterocycles. The summed E-state index contributed by atoms with van der Waals surface area (Å²) >= 11 is 0. The number of aliphatic imine (C=N–C) groups is 2. The highest BCUT2D eigenvalue weighted by Gasteiger charge is 2.61. The Kier molecular flexibility index (Phi) is 10.7. The van der Waals surface area contributed by atoms with Gasteiger partial charge in [-0.15, -0.1) is 0 Å². The van der Waals surface area contributed by atoms with Crippen molar-refractivity contribution in [1.82, 2.24) is 5.32 Å². The predicted octanol–water partition coefficient (Wildman–Crippen LogP) is -6.95. The fraction of sp³-hybridized carbons (Fsp3) is 0.857. The van der Waals surface area contributed by atoms with Crippen LogP contribution in [0.25, 0.3) is 0 Å². The molecule has 3 fully saturated rings. The quantitative estimate of drug-likeness (QED) is 0.0374. The van der Waals surface area contributed by atoms with E-state index in [0.29, 0.717) is 0 Å². The molecule has 0 aromatic carbocycles. The Morgan fingerprint density at radius 1 is 1.02 bits per heavy atom. The Labute approximate surface area is 228 Å². The van der Waals surface area contributed by atoms with Crippen LogP contribution in [-0.2, 0) is 28.6 Å². The topological polar surface area (TPSA) is 320 Å². The van der Waals surface area contributed by atoms with E-state index in [1.165, 1.54) is 14.0 Å². The number of aldehydes is 1. The molecule has 3 rings (SSSR count). The standard InChI is InChI=1S/C21H38N6O13/c1-6-21(34,4-29)17(39-18-10(25-2)13(32)11(30)7(3-28)37-18)19(36-6)38-15-9(27-20(23)24)12(31)8(26-5-22)16(40-35)14(15)33/h4-19,25,28,30-35H,3H2,1-2H3,(H2,22,26)(H4,23,24,27)/t6-,7-,8+,9-,10-,11-,12-,13-,14+,15+,16-,17-,18-,19+,21+/m0/s1. The molecule has 14 N–H and O–H groups in total. The molecule has 3 aliphatic rings. The average Bonchev–Trinajstić information content (AvgIpc) is 3.15. The van der Waals surface area contributed by atoms with Crippen molar-refractivity contribution < 1.29 is 64.5 Å². The highest BCUT2D eigenvalue weighted by Crippen LogP contribution is 2.38. The van der Waals surface area contributed by atoms with Crippen LogP contribution in [0.15, 0.2) is 9.98 Å². The number of nitrogens with zero attached hydrogens (tertiary/aromatic N) is 2. The molecule has 0 aromatic heterocycles. The maximum atomic E-state index is 12.1. The highest BCUT2D eigenvalue weighted by molar-refractivity contribution is 5.76. The number of likely N-dealkylation sites (N-methyl/N-ethyl adjacent to an activating group) is 1. The van der Waals surface area contributed by atoms with Crippen LogP contribution in [0.5, 0.6) is 0 Å². The fourth-order valence-corrected chi connectivity index (χ4v) is 5.14. The normalized spacial score (nSPS) is 47.8. The molecule has 2 saturated heterocycles. The maximum Gasteiger partial charge on any atom is 0.188 e. The lowest BCUT2D eigenvalue weighted by atomic mass is 9.81. The maximum absolute atomic E-state index is 12.1. The molecule has 0 aromatic rings. The number of carbonyl (C=O) groups is 1. The van der Waals surface area contributed by atoms with Gasteiger partial charge in [0.05, 0.1) is 25.1 Å². The summed E-state index contributed by atoms with van der Waals surface area (Å²) < 4.78 is 23.0. The number of carbonyl (C=O) groups excluding carboxylic acids is 1. The summed E-state index contributed by atoms with van der Waals surface area (Å²) in [7, 11) is 1.42. The lowest BCUT2D eigenvalue weighted by molar-refractivity contribution is -0.339. The van der Waals surface area contributed by atoms with Crippen LogP contribution in [0.3, 0.4) is 0 Å². The van der Waals surface area contributed by atoms with Crippen LogP contribution in [0.4, 0.5) is 0 Å². The molecule has 0 radical (unpaired) electrons. The molecule has 0 unspecified atom stereocenters. The van der Waals surface area contributed by atoms with Crippen LogP contribution in [0.1, 0.15) is 6.92 Å². The van der Waals surface area contributed by atoms with E-state index in [9.17, 15) is 40.7 Å². The molecule has 0 amide bonds. The van der Waals surface area contributed by atoms with Crippen LogP contribution >= 0.6 is 0 Å². The third-order valence-corrected chi connectivity index (χ3v) is 7.39. The predicted molar refractivity (Wildman–Crippen MR) is 131 cm³/mol. The third-order valence-electron chi connectivity index (χ3n) is 7.39. The SMILES string of the molecule is CN[C@@H]1[C@H](O[C@H]2[C@@H](O[C@H]3[C@@H](O)[C@@H](OO)[C@H](N=CN)[C@H](O)[C@@H]3N=C(N)N)O[C@@H](C)[C@]2(O)C=O)O[C@@H](CO)[C@H](O)[C@H]1O. The minimum Gasteiger partial charge on any atom is -0.394 e. The molecule has 0 bridgehead atoms. The van der Waals surface area contributed by atoms with Gasteiger partial charge in [-0.3, -0.25) is 15.0 Å². The number of rotatable bonds is 10. The minimum absolute atomic E-state index is 0.142. The molecule has 1 saturated carbocycles. The number of hydrogen-bond acceptors (Lipinski definition) is 16. The van der Waals surface area contributed by atoms with Gasteiger partial charge in [-0.25, -0.2) is 9.88 Å². The fourth-order valence-electron chi connectivity index (χ4n) is 5.14. The van der Waals surface area contributed by atoms with Gasteiger partial charge in [0.2, 0.25) is 0 Å². The van der Waals surface area contributed by atoms with Gasteiger partial charge in [0.15, 0.2) is 30.4 Å². The zero-order chi connectivity index (χ0) is 29.9. The molecular formula is C21H38N6O13. The van der Waals surface area contributed by atoms with Crippen molar-refractivity contribution in [2.45, 2.75) is 98.2 Å². The van der Waals surface area contributed by atoms with E-state index in [0.717, 1.165) is 6.34 Å². The van der Waals surface area contributed by atoms with Crippen LogP contribution < -0.4 is 22.5 Å². The molecule has 19 heteroatoms. The summed E-state index contributed by atoms with van der Waals surface area (Å²) in [5.41, 5.74) is 14.0. The van der Waals surface area contributed by atoms with Gasteiger partial charge in [-0.05, 0) is 14.0 Å². The summed E-state index contributed by atoms with van der Waals surface area (Å²) in [4.78, 5) is 24.1. The number of aliphatic hydroxyl groups is 6. The number of nitrogens with two attached hydrogens (primary N) is 3. The summed E-state index contributed by atoms with van der Waals surface area (Å²) in [6.45, 7) is 0.622. The van der Waals surface area contributed by atoms with Crippen LogP contribution in [0.2, 0.25) is 0 Å². The van der Waals surface area contributed by atoms with E-state index in [1.807, 2.05) is 0 Å². The molecule has 2 aliphatic heterocycles. The van der Waals surface area contributed by atoms with Crippen molar-refractivity contribution in [3.8, 4) is 0 Å². The molecule has 0 spiro atoms. The van der Waals surface area contributed by atoms with Crippen molar-refractivity contribution >= 4 is 18.6 Å². The average molecular weight is 583 g/mol. The van der Waals surface area contributed by atoms with E-state index in [1.54, 1.807) is 0 Å². The van der Waals surface area contributed by atoms with Crippen molar-refractivity contribution in [2.24, 2.45) is 27.2 Å². The number of aliphatic hydroxyl groups excluding tert-OH is 5. The third kappa shape index (κ3) is 5.92. The van der Waals surface area contributed by atoms with E-state index in [2.05, 4.69) is 20.2 Å². The van der Waals surface area contributed by atoms with Gasteiger partial charge in [-0.2, -0.15) is 0 Å². The summed E-state index contributed by atoms with van der Waals surface area (Å²) in [5, 5.41) is 75.6. The van der Waals surface area contributed by atoms with Crippen molar-refractivity contribution in [1.29, 1.82) is 0 Å². The van der Waals surface area contributed by atoms with Gasteiger partial charge in [0.25, 0.3) is 0 Å². The smallest absolute Gasteiger partial charge is 0.188 e. The lowest BCUT2D eigenvalue weighted by Gasteiger charge is -2.45. The second-order valence-corrected chi connectivity index (χ2v) is 9.71. The minimum atomic E-state index is -2.38. The highest BCUT2D eigenvalue weighted by atomic mass is 17.1. The van der Waals surface area contributed by atoms with Gasteiger partial charge in [0, 0.05) is 0 Å². The van der Waals surface area contributed by atoms with E-state index >= 15 is 0 Å².